The number of aliphatic carboxylic acids is 2. The number of aliphatic hydroxyl groups excluding tert-OH is 1. The number of carboxylic acids is 2. The van der Waals surface area contributed by atoms with Gasteiger partial charge in [0.25, 0.3) is 6.47 Å². The summed E-state index contributed by atoms with van der Waals surface area (Å²) in [5.41, 5.74) is 1.72. The van der Waals surface area contributed by atoms with Crippen LogP contribution in [0.2, 0.25) is 0 Å². The first-order chi connectivity index (χ1) is 17.8. The summed E-state index contributed by atoms with van der Waals surface area (Å²) < 4.78 is 0. The molecule has 1 aromatic rings. The first-order valence-electron chi connectivity index (χ1n) is 12.0. The zero-order chi connectivity index (χ0) is 27.6. The van der Waals surface area contributed by atoms with Crippen LogP contribution in [-0.4, -0.2) is 147 Å². The second-order valence-corrected chi connectivity index (χ2v) is 8.70. The number of rotatable bonds is 9. The Morgan fingerprint density at radius 3 is 1.97 bits per heavy atom. The molecule has 2 rings (SSSR count). The van der Waals surface area contributed by atoms with Crippen LogP contribution in [-0.2, 0) is 41.9 Å². The molecule has 1 aliphatic rings. The Hall–Kier alpha value is -2.12. The maximum atomic E-state index is 11.5. The van der Waals surface area contributed by atoms with E-state index in [0.717, 1.165) is 12.1 Å². The van der Waals surface area contributed by atoms with E-state index < -0.39 is 11.9 Å². The van der Waals surface area contributed by atoms with Gasteiger partial charge in [0.2, 0.25) is 0 Å². The molecule has 1 aliphatic heterocycles. The number of carboxylic acid groups (broad SMARTS) is 3. The maximum Gasteiger partial charge on any atom is 0.317 e. The van der Waals surface area contributed by atoms with Gasteiger partial charge in [-0.05, 0) is 42.9 Å². The number of benzene rings is 1. The van der Waals surface area contributed by atoms with Crippen molar-refractivity contribution >= 4 is 41.5 Å². The van der Waals surface area contributed by atoms with E-state index in [4.69, 9.17) is 9.90 Å². The molecule has 1 heterocycles. The fourth-order valence-electron chi connectivity index (χ4n) is 4.16. The average molecular weight is 742 g/mol. The number of hydrogen-bond acceptors (Lipinski definition) is 10. The first-order valence-corrected chi connectivity index (χ1v) is 12.4. The van der Waals surface area contributed by atoms with Gasteiger partial charge in [0.05, 0.1) is 30.7 Å². The number of hydrogen-bond donors (Lipinski definition) is 4. The van der Waals surface area contributed by atoms with Gasteiger partial charge in [-0.3, -0.25) is 29.1 Å². The van der Waals surface area contributed by atoms with Crippen molar-refractivity contribution < 1.29 is 61.4 Å². The maximum absolute atomic E-state index is 11.5. The van der Waals surface area contributed by atoms with Crippen LogP contribution in [0, 0.1) is 0 Å². The van der Waals surface area contributed by atoms with Gasteiger partial charge in [0, 0.05) is 72.9 Å². The quantitative estimate of drug-likeness (QED) is 0.146. The number of nitrogens with zero attached hydrogens (tertiary/aromatic N) is 5. The number of carbonyl (C=O) groups is 3. The van der Waals surface area contributed by atoms with Crippen molar-refractivity contribution in [1.29, 1.82) is 0 Å². The summed E-state index contributed by atoms with van der Waals surface area (Å²) in [7, 11) is 0. The number of aliphatic imine (C=N–C) groups is 1. The molecule has 0 amide bonds. The van der Waals surface area contributed by atoms with Crippen molar-refractivity contribution in [2.45, 2.75) is 19.4 Å². The van der Waals surface area contributed by atoms with Crippen molar-refractivity contribution in [2.24, 2.45) is 4.99 Å². The summed E-state index contributed by atoms with van der Waals surface area (Å²) in [4.78, 5) is 43.2. The number of thiocarbonyl (C=S) groups is 1. The zero-order valence-electron chi connectivity index (χ0n) is 22.0. The molecule has 1 fully saturated rings. The van der Waals surface area contributed by atoms with Crippen molar-refractivity contribution in [2.75, 3.05) is 72.2 Å². The van der Waals surface area contributed by atoms with Crippen LogP contribution in [0.5, 0.6) is 0 Å². The van der Waals surface area contributed by atoms with Crippen LogP contribution in [0.3, 0.4) is 0 Å². The molecular weight excluding hydrogens is 702 g/mol. The monoisotopic (exact) mass is 741 g/mol. The van der Waals surface area contributed by atoms with Crippen molar-refractivity contribution in [3.05, 3.63) is 29.8 Å². The Morgan fingerprint density at radius 2 is 1.49 bits per heavy atom. The molecular formula is C24H39N5O8SW. The average Bonchev–Trinajstić information content (AvgIpc) is 2.84. The molecule has 0 aliphatic carbocycles. The van der Waals surface area contributed by atoms with Gasteiger partial charge >= 0.3 is 11.9 Å². The largest absolute Gasteiger partial charge is 0.483 e. The van der Waals surface area contributed by atoms with E-state index >= 15 is 0 Å². The molecule has 0 bridgehead atoms. The summed E-state index contributed by atoms with van der Waals surface area (Å²) in [5.74, 6) is -1.77. The van der Waals surface area contributed by atoms with E-state index in [-0.39, 0.29) is 58.9 Å². The Morgan fingerprint density at radius 1 is 1.00 bits per heavy atom. The minimum atomic E-state index is -0.889. The fourth-order valence-corrected chi connectivity index (χ4v) is 4.26. The summed E-state index contributed by atoms with van der Waals surface area (Å²) in [6.45, 7) is 6.19. The fraction of sp³-hybridized carbons (Fsp3) is 0.583. The smallest absolute Gasteiger partial charge is 0.317 e. The summed E-state index contributed by atoms with van der Waals surface area (Å²) in [6, 6.07) is 7.40. The van der Waals surface area contributed by atoms with Crippen LogP contribution >= 0.6 is 12.2 Å². The van der Waals surface area contributed by atoms with Gasteiger partial charge in [-0.1, -0.05) is 19.1 Å². The predicted molar refractivity (Wildman–Crippen MR) is 145 cm³/mol. The minimum Gasteiger partial charge on any atom is -0.483 e. The van der Waals surface area contributed by atoms with Crippen LogP contribution in [0.4, 0.5) is 5.69 Å². The first kappa shape index (κ1) is 39.0. The number of aliphatic hydroxyl groups is 1. The minimum absolute atomic E-state index is 0. The molecule has 0 aromatic heterocycles. The molecule has 1 atom stereocenters. The summed E-state index contributed by atoms with van der Waals surface area (Å²) in [5, 5.41) is 38.2. The molecule has 1 unspecified atom stereocenters. The predicted octanol–water partition coefficient (Wildman–Crippen LogP) is -0.434. The van der Waals surface area contributed by atoms with Gasteiger partial charge < -0.3 is 30.8 Å². The molecule has 39 heavy (non-hydrogen) atoms. The van der Waals surface area contributed by atoms with Crippen LogP contribution in [0.25, 0.3) is 0 Å². The number of isothiocyanates is 1. The molecule has 15 heteroatoms. The van der Waals surface area contributed by atoms with Crippen LogP contribution in [0.1, 0.15) is 12.5 Å². The Kier molecular flexibility index (Phi) is 22.7. The van der Waals surface area contributed by atoms with Crippen molar-refractivity contribution in [1.82, 2.24) is 19.6 Å². The zero-order valence-corrected chi connectivity index (χ0v) is 25.8. The third-order valence-corrected chi connectivity index (χ3v) is 6.17. The molecule has 13 nitrogen and oxygen atoms in total. The second kappa shape index (κ2) is 22.7. The molecule has 6 N–H and O–H groups in total. The van der Waals surface area contributed by atoms with Gasteiger partial charge in [0.1, 0.15) is 0 Å². The molecule has 1 saturated heterocycles. The van der Waals surface area contributed by atoms with E-state index in [1.165, 1.54) is 0 Å². The standard InChI is InChI=1S/C23H35N5O5S.CH2O2.H2O.W/c1-2-25-7-9-26(15-22(30)31)11-12-28(18-29)21(14-27(10-8-25)16-23(32)33)13-19-3-5-20(6-4-19)24-17-34;2-1-3;;/h3-6,21,29H,2,7-16,18H2,1H3,(H,30,31)(H,32,33);1H,(H,2,3);1H2;. The van der Waals surface area contributed by atoms with E-state index in [1.54, 1.807) is 0 Å². The van der Waals surface area contributed by atoms with Gasteiger partial charge in [-0.2, -0.15) is 4.99 Å². The molecule has 0 spiro atoms. The molecule has 0 radical (unpaired) electrons. The van der Waals surface area contributed by atoms with Crippen LogP contribution in [0.15, 0.2) is 29.3 Å². The van der Waals surface area contributed by atoms with Gasteiger partial charge in [-0.25, -0.2) is 0 Å². The molecule has 1 aromatic carbocycles. The summed E-state index contributed by atoms with van der Waals surface area (Å²) >= 11 is 4.65. The third kappa shape index (κ3) is 16.6. The van der Waals surface area contributed by atoms with Gasteiger partial charge in [-0.15, -0.1) is 0 Å². The van der Waals surface area contributed by atoms with Crippen molar-refractivity contribution in [3.63, 3.8) is 0 Å². The van der Waals surface area contributed by atoms with Gasteiger partial charge in [0.15, 0.2) is 0 Å². The van der Waals surface area contributed by atoms with E-state index in [1.807, 2.05) is 45.9 Å². The number of likely N-dealkylation sites (N-methyl/N-ethyl adjacent to an activating group) is 1. The second-order valence-electron chi connectivity index (χ2n) is 8.52. The summed E-state index contributed by atoms with van der Waals surface area (Å²) in [6.07, 6.45) is 0.592. The molecule has 0 saturated carbocycles. The van der Waals surface area contributed by atoms with E-state index in [9.17, 15) is 24.9 Å². The topological polar surface area (TPSA) is 189 Å². The van der Waals surface area contributed by atoms with Crippen molar-refractivity contribution in [3.8, 4) is 0 Å². The molecule has 220 valence electrons. The van der Waals surface area contributed by atoms with E-state index in [0.29, 0.717) is 57.9 Å². The Bertz CT molecular complexity index is 892. The Balaban J connectivity index is 0. The Labute approximate surface area is 248 Å². The van der Waals surface area contributed by atoms with E-state index in [2.05, 4.69) is 27.3 Å². The SMILES string of the molecule is CCN1CCN(CC(=O)O)CCN(CO)C(Cc2ccc(N=C=S)cc2)CN(CC(=O)O)CC1.O.O=CO.[W]. The van der Waals surface area contributed by atoms with Crippen LogP contribution < -0.4 is 0 Å². The third-order valence-electron chi connectivity index (χ3n) is 6.08. The normalized spacial score (nSPS) is 17.8.